The van der Waals surface area contributed by atoms with Gasteiger partial charge < -0.3 is 10.1 Å². The first-order valence-corrected chi connectivity index (χ1v) is 6.35. The smallest absolute Gasteiger partial charge is 0.156 e. The van der Waals surface area contributed by atoms with Crippen LogP contribution in [0.25, 0.3) is 0 Å². The van der Waals surface area contributed by atoms with Gasteiger partial charge in [0.05, 0.1) is 6.20 Å². The molecule has 0 fully saturated rings. The van der Waals surface area contributed by atoms with Crippen LogP contribution >= 0.6 is 0 Å². The SMILES string of the molecule is COCc1nc(C)cc(NCCc2ccc(F)cn2)n1. The van der Waals surface area contributed by atoms with Crippen LogP contribution in [0.3, 0.4) is 0 Å². The van der Waals surface area contributed by atoms with E-state index in [4.69, 9.17) is 4.74 Å². The molecule has 2 aromatic heterocycles. The Morgan fingerprint density at radius 2 is 2.15 bits per heavy atom. The Bertz CT molecular complexity index is 560. The van der Waals surface area contributed by atoms with Gasteiger partial charge in [0.25, 0.3) is 0 Å². The highest BCUT2D eigenvalue weighted by Crippen LogP contribution is 2.07. The molecule has 0 radical (unpaired) electrons. The number of halogens is 1. The van der Waals surface area contributed by atoms with Gasteiger partial charge in [0.2, 0.25) is 0 Å². The van der Waals surface area contributed by atoms with Gasteiger partial charge >= 0.3 is 0 Å². The average Bonchev–Trinajstić information content (AvgIpc) is 2.41. The Labute approximate surface area is 117 Å². The number of aryl methyl sites for hydroxylation is 1. The molecule has 0 aliphatic heterocycles. The van der Waals surface area contributed by atoms with E-state index in [1.54, 1.807) is 13.2 Å². The van der Waals surface area contributed by atoms with Crippen molar-refractivity contribution in [3.63, 3.8) is 0 Å². The summed E-state index contributed by atoms with van der Waals surface area (Å²) in [5.74, 6) is 1.08. The summed E-state index contributed by atoms with van der Waals surface area (Å²) < 4.78 is 17.8. The number of hydrogen-bond acceptors (Lipinski definition) is 5. The van der Waals surface area contributed by atoms with E-state index in [1.807, 2.05) is 13.0 Å². The fraction of sp³-hybridized carbons (Fsp3) is 0.357. The monoisotopic (exact) mass is 276 g/mol. The molecule has 20 heavy (non-hydrogen) atoms. The van der Waals surface area contributed by atoms with Crippen LogP contribution in [0.2, 0.25) is 0 Å². The van der Waals surface area contributed by atoms with E-state index >= 15 is 0 Å². The summed E-state index contributed by atoms with van der Waals surface area (Å²) in [6.45, 7) is 2.96. The highest BCUT2D eigenvalue weighted by molar-refractivity contribution is 5.35. The van der Waals surface area contributed by atoms with Gasteiger partial charge in [-0.3, -0.25) is 4.98 Å². The van der Waals surface area contributed by atoms with Crippen molar-refractivity contribution in [3.8, 4) is 0 Å². The summed E-state index contributed by atoms with van der Waals surface area (Å²) in [4.78, 5) is 12.6. The number of anilines is 1. The number of hydrogen-bond donors (Lipinski definition) is 1. The minimum atomic E-state index is -0.322. The second-order valence-corrected chi connectivity index (χ2v) is 4.39. The van der Waals surface area contributed by atoms with Crippen LogP contribution in [0, 0.1) is 12.7 Å². The fourth-order valence-electron chi connectivity index (χ4n) is 1.79. The Morgan fingerprint density at radius 3 is 2.85 bits per heavy atom. The molecular weight excluding hydrogens is 259 g/mol. The molecule has 6 heteroatoms. The van der Waals surface area contributed by atoms with Crippen LogP contribution in [-0.2, 0) is 17.8 Å². The summed E-state index contributed by atoms with van der Waals surface area (Å²) in [6.07, 6.45) is 1.92. The standard InChI is InChI=1S/C14H17FN4O/c1-10-7-13(19-14(18-10)9-20-2)16-6-5-12-4-3-11(15)8-17-12/h3-4,7-8H,5-6,9H2,1-2H3,(H,16,18,19). The molecule has 0 unspecified atom stereocenters. The molecule has 0 amide bonds. The number of nitrogens with one attached hydrogen (secondary N) is 1. The lowest BCUT2D eigenvalue weighted by Crippen LogP contribution is -2.10. The van der Waals surface area contributed by atoms with Gasteiger partial charge in [-0.05, 0) is 19.1 Å². The van der Waals surface area contributed by atoms with Gasteiger partial charge in [0.15, 0.2) is 5.82 Å². The Kier molecular flexibility index (Phi) is 4.95. The molecule has 0 aliphatic carbocycles. The van der Waals surface area contributed by atoms with E-state index < -0.39 is 0 Å². The number of aromatic nitrogens is 3. The number of pyridine rings is 1. The highest BCUT2D eigenvalue weighted by Gasteiger charge is 2.02. The van der Waals surface area contributed by atoms with E-state index in [-0.39, 0.29) is 5.82 Å². The van der Waals surface area contributed by atoms with E-state index in [1.165, 1.54) is 12.3 Å². The summed E-state index contributed by atoms with van der Waals surface area (Å²) in [5.41, 5.74) is 1.72. The van der Waals surface area contributed by atoms with E-state index in [0.29, 0.717) is 25.4 Å². The lowest BCUT2D eigenvalue weighted by Gasteiger charge is -2.08. The van der Waals surface area contributed by atoms with Crippen molar-refractivity contribution in [1.29, 1.82) is 0 Å². The zero-order chi connectivity index (χ0) is 14.4. The van der Waals surface area contributed by atoms with Crippen molar-refractivity contribution in [2.75, 3.05) is 19.0 Å². The van der Waals surface area contributed by atoms with Crippen molar-refractivity contribution >= 4 is 5.82 Å². The van der Waals surface area contributed by atoms with Crippen molar-refractivity contribution in [2.45, 2.75) is 20.0 Å². The molecule has 0 atom stereocenters. The van der Waals surface area contributed by atoms with Gasteiger partial charge in [-0.25, -0.2) is 14.4 Å². The summed E-state index contributed by atoms with van der Waals surface area (Å²) in [6, 6.07) is 4.96. The second-order valence-electron chi connectivity index (χ2n) is 4.39. The van der Waals surface area contributed by atoms with Gasteiger partial charge in [0.1, 0.15) is 18.2 Å². The molecule has 106 valence electrons. The Morgan fingerprint density at radius 1 is 1.30 bits per heavy atom. The maximum absolute atomic E-state index is 12.7. The second kappa shape index (κ2) is 6.91. The van der Waals surface area contributed by atoms with E-state index in [0.717, 1.165) is 17.2 Å². The minimum Gasteiger partial charge on any atom is -0.377 e. The first kappa shape index (κ1) is 14.3. The minimum absolute atomic E-state index is 0.322. The topological polar surface area (TPSA) is 59.9 Å². The molecule has 0 aromatic carbocycles. The van der Waals surface area contributed by atoms with Crippen molar-refractivity contribution < 1.29 is 9.13 Å². The van der Waals surface area contributed by atoms with Gasteiger partial charge in [-0.2, -0.15) is 0 Å². The first-order valence-electron chi connectivity index (χ1n) is 6.35. The molecule has 2 aromatic rings. The zero-order valence-corrected chi connectivity index (χ0v) is 11.6. The third-order valence-electron chi connectivity index (χ3n) is 2.65. The van der Waals surface area contributed by atoms with Crippen LogP contribution in [-0.4, -0.2) is 28.6 Å². The number of ether oxygens (including phenoxy) is 1. The summed E-state index contributed by atoms with van der Waals surface area (Å²) >= 11 is 0. The van der Waals surface area contributed by atoms with Gasteiger partial charge in [-0.15, -0.1) is 0 Å². The highest BCUT2D eigenvalue weighted by atomic mass is 19.1. The van der Waals surface area contributed by atoms with E-state index in [9.17, 15) is 4.39 Å². The molecule has 2 rings (SSSR count). The van der Waals surface area contributed by atoms with Crippen LogP contribution in [0.5, 0.6) is 0 Å². The molecule has 2 heterocycles. The van der Waals surface area contributed by atoms with Crippen molar-refractivity contribution in [3.05, 3.63) is 47.4 Å². The molecular formula is C14H17FN4O. The third kappa shape index (κ3) is 4.24. The first-order chi connectivity index (χ1) is 9.67. The molecule has 0 aliphatic rings. The normalized spacial score (nSPS) is 10.6. The van der Waals surface area contributed by atoms with Gasteiger partial charge in [0, 0.05) is 37.5 Å². The molecule has 0 saturated carbocycles. The molecule has 5 nitrogen and oxygen atoms in total. The zero-order valence-electron chi connectivity index (χ0n) is 11.6. The lowest BCUT2D eigenvalue weighted by atomic mass is 10.2. The Hall–Kier alpha value is -2.08. The van der Waals surface area contributed by atoms with Crippen LogP contribution < -0.4 is 5.32 Å². The maximum Gasteiger partial charge on any atom is 0.156 e. The van der Waals surface area contributed by atoms with Crippen molar-refractivity contribution in [1.82, 2.24) is 15.0 Å². The largest absolute Gasteiger partial charge is 0.377 e. The molecule has 0 saturated heterocycles. The predicted octanol–water partition coefficient (Wildman–Crippen LogP) is 2.12. The Balaban J connectivity index is 1.91. The lowest BCUT2D eigenvalue weighted by molar-refractivity contribution is 0.177. The average molecular weight is 276 g/mol. The molecule has 0 spiro atoms. The van der Waals surface area contributed by atoms with Crippen LogP contribution in [0.15, 0.2) is 24.4 Å². The number of rotatable bonds is 6. The molecule has 0 bridgehead atoms. The summed E-state index contributed by atoms with van der Waals surface area (Å²) in [5, 5.41) is 3.21. The number of methoxy groups -OCH3 is 1. The van der Waals surface area contributed by atoms with Gasteiger partial charge in [-0.1, -0.05) is 0 Å². The van der Waals surface area contributed by atoms with Crippen LogP contribution in [0.1, 0.15) is 17.2 Å². The fourth-order valence-corrected chi connectivity index (χ4v) is 1.79. The maximum atomic E-state index is 12.7. The quantitative estimate of drug-likeness (QED) is 0.875. The van der Waals surface area contributed by atoms with Crippen LogP contribution in [0.4, 0.5) is 10.2 Å². The third-order valence-corrected chi connectivity index (χ3v) is 2.65. The summed E-state index contributed by atoms with van der Waals surface area (Å²) in [7, 11) is 1.61. The molecule has 1 N–H and O–H groups in total. The van der Waals surface area contributed by atoms with E-state index in [2.05, 4.69) is 20.3 Å². The van der Waals surface area contributed by atoms with Crippen molar-refractivity contribution in [2.24, 2.45) is 0 Å². The number of nitrogens with zero attached hydrogens (tertiary/aromatic N) is 3. The predicted molar refractivity (Wildman–Crippen MR) is 73.9 cm³/mol.